The lowest BCUT2D eigenvalue weighted by atomic mass is 9.89. The van der Waals surface area contributed by atoms with E-state index in [1.807, 2.05) is 12.1 Å². The standard InChI is InChI=1S/C16H18N2S/c1-2-18-8-6-12(7-9-18)15-11-19-16-13(10-17)4-3-5-14(15)16/h3-5,11-12H,2,6-9H2,1H3. The number of piperidine rings is 1. The summed E-state index contributed by atoms with van der Waals surface area (Å²) in [5.41, 5.74) is 2.28. The first kappa shape index (κ1) is 12.7. The first-order valence-corrected chi connectivity index (χ1v) is 7.84. The predicted molar refractivity (Wildman–Crippen MR) is 80.6 cm³/mol. The van der Waals surface area contributed by atoms with Gasteiger partial charge in [0.2, 0.25) is 0 Å². The summed E-state index contributed by atoms with van der Waals surface area (Å²) in [4.78, 5) is 2.52. The van der Waals surface area contributed by atoms with Crippen molar-refractivity contribution < 1.29 is 0 Å². The van der Waals surface area contributed by atoms with Crippen LogP contribution in [0.5, 0.6) is 0 Å². The quantitative estimate of drug-likeness (QED) is 0.825. The zero-order valence-corrected chi connectivity index (χ0v) is 12.0. The van der Waals surface area contributed by atoms with Gasteiger partial charge in [-0.05, 0) is 60.8 Å². The van der Waals surface area contributed by atoms with Crippen molar-refractivity contribution in [2.24, 2.45) is 0 Å². The molecule has 0 bridgehead atoms. The summed E-state index contributed by atoms with van der Waals surface area (Å²) in [5, 5.41) is 12.8. The highest BCUT2D eigenvalue weighted by Gasteiger charge is 2.22. The monoisotopic (exact) mass is 270 g/mol. The maximum Gasteiger partial charge on any atom is 0.101 e. The second-order valence-electron chi connectivity index (χ2n) is 5.19. The molecule has 2 heterocycles. The zero-order valence-electron chi connectivity index (χ0n) is 11.2. The maximum absolute atomic E-state index is 9.17. The molecular weight excluding hydrogens is 252 g/mol. The lowest BCUT2D eigenvalue weighted by Gasteiger charge is -2.31. The molecule has 1 aromatic heterocycles. The van der Waals surface area contributed by atoms with Crippen molar-refractivity contribution in [2.75, 3.05) is 19.6 Å². The lowest BCUT2D eigenvalue weighted by Crippen LogP contribution is -2.32. The molecule has 3 heteroatoms. The second kappa shape index (κ2) is 5.32. The maximum atomic E-state index is 9.17. The number of thiophene rings is 1. The van der Waals surface area contributed by atoms with Gasteiger partial charge >= 0.3 is 0 Å². The third-order valence-corrected chi connectivity index (χ3v) is 5.27. The molecule has 0 unspecified atom stereocenters. The normalized spacial score (nSPS) is 17.7. The fourth-order valence-corrected chi connectivity index (χ4v) is 4.16. The van der Waals surface area contributed by atoms with Crippen LogP contribution in [0.4, 0.5) is 0 Å². The van der Waals surface area contributed by atoms with Crippen molar-refractivity contribution >= 4 is 21.4 Å². The number of hydrogen-bond acceptors (Lipinski definition) is 3. The average Bonchev–Trinajstić information content (AvgIpc) is 2.91. The SMILES string of the molecule is CCN1CCC(c2csc3c(C#N)cccc23)CC1. The second-order valence-corrected chi connectivity index (χ2v) is 6.07. The lowest BCUT2D eigenvalue weighted by molar-refractivity contribution is 0.223. The number of benzene rings is 1. The van der Waals surface area contributed by atoms with Crippen LogP contribution in [-0.4, -0.2) is 24.5 Å². The predicted octanol–water partition coefficient (Wildman–Crippen LogP) is 3.97. The van der Waals surface area contributed by atoms with Crippen LogP contribution in [0.2, 0.25) is 0 Å². The van der Waals surface area contributed by atoms with Gasteiger partial charge in [-0.1, -0.05) is 19.1 Å². The van der Waals surface area contributed by atoms with E-state index in [1.54, 1.807) is 11.3 Å². The van der Waals surface area contributed by atoms with E-state index in [1.165, 1.54) is 36.9 Å². The van der Waals surface area contributed by atoms with Gasteiger partial charge in [-0.25, -0.2) is 0 Å². The summed E-state index contributed by atoms with van der Waals surface area (Å²) < 4.78 is 1.16. The molecule has 0 aliphatic carbocycles. The Hall–Kier alpha value is -1.37. The summed E-state index contributed by atoms with van der Waals surface area (Å²) >= 11 is 1.73. The molecule has 3 rings (SSSR count). The Morgan fingerprint density at radius 1 is 1.37 bits per heavy atom. The number of hydrogen-bond donors (Lipinski definition) is 0. The Bertz CT molecular complexity index is 615. The van der Waals surface area contributed by atoms with Crippen LogP contribution in [0, 0.1) is 11.3 Å². The number of nitrogens with zero attached hydrogens (tertiary/aromatic N) is 2. The molecule has 0 amide bonds. The first-order valence-electron chi connectivity index (χ1n) is 6.96. The van der Waals surface area contributed by atoms with E-state index in [0.717, 1.165) is 16.8 Å². The van der Waals surface area contributed by atoms with Gasteiger partial charge in [0.1, 0.15) is 6.07 Å². The van der Waals surface area contributed by atoms with Crippen LogP contribution in [-0.2, 0) is 0 Å². The van der Waals surface area contributed by atoms with Crippen LogP contribution in [0.25, 0.3) is 10.1 Å². The van der Waals surface area contributed by atoms with E-state index in [0.29, 0.717) is 5.92 Å². The highest BCUT2D eigenvalue weighted by Crippen LogP contribution is 2.37. The molecule has 1 saturated heterocycles. The highest BCUT2D eigenvalue weighted by molar-refractivity contribution is 7.17. The number of fused-ring (bicyclic) bond motifs is 1. The molecule has 0 radical (unpaired) electrons. The number of rotatable bonds is 2. The van der Waals surface area contributed by atoms with Crippen LogP contribution in [0.3, 0.4) is 0 Å². The van der Waals surface area contributed by atoms with Gasteiger partial charge in [-0.15, -0.1) is 11.3 Å². The molecule has 0 saturated carbocycles. The Labute approximate surface area is 118 Å². The van der Waals surface area contributed by atoms with Gasteiger partial charge in [0.15, 0.2) is 0 Å². The molecule has 1 fully saturated rings. The third-order valence-electron chi connectivity index (χ3n) is 4.22. The molecule has 1 aliphatic heterocycles. The molecule has 98 valence electrons. The Balaban J connectivity index is 1.92. The van der Waals surface area contributed by atoms with Gasteiger partial charge in [0, 0.05) is 0 Å². The molecule has 2 nitrogen and oxygen atoms in total. The van der Waals surface area contributed by atoms with E-state index in [9.17, 15) is 5.26 Å². The minimum atomic E-state index is 0.672. The summed E-state index contributed by atoms with van der Waals surface area (Å²) in [6.07, 6.45) is 2.49. The largest absolute Gasteiger partial charge is 0.304 e. The van der Waals surface area contributed by atoms with Crippen molar-refractivity contribution in [3.8, 4) is 6.07 Å². The fraction of sp³-hybridized carbons (Fsp3) is 0.438. The highest BCUT2D eigenvalue weighted by atomic mass is 32.1. The van der Waals surface area contributed by atoms with E-state index in [4.69, 9.17) is 0 Å². The summed E-state index contributed by atoms with van der Waals surface area (Å²) in [7, 11) is 0. The molecule has 0 spiro atoms. The van der Waals surface area contributed by atoms with Gasteiger partial charge in [-0.2, -0.15) is 5.26 Å². The molecule has 0 atom stereocenters. The molecule has 2 aromatic rings. The smallest absolute Gasteiger partial charge is 0.101 e. The van der Waals surface area contributed by atoms with Gasteiger partial charge in [-0.3, -0.25) is 0 Å². The van der Waals surface area contributed by atoms with Crippen molar-refractivity contribution in [2.45, 2.75) is 25.7 Å². The van der Waals surface area contributed by atoms with E-state index < -0.39 is 0 Å². The molecule has 0 N–H and O–H groups in total. The fourth-order valence-electron chi connectivity index (χ4n) is 3.04. The number of nitriles is 1. The van der Waals surface area contributed by atoms with E-state index in [2.05, 4.69) is 29.3 Å². The third kappa shape index (κ3) is 2.27. The molecule has 1 aliphatic rings. The van der Waals surface area contributed by atoms with Crippen LogP contribution >= 0.6 is 11.3 Å². The minimum Gasteiger partial charge on any atom is -0.304 e. The van der Waals surface area contributed by atoms with Crippen LogP contribution in [0.1, 0.15) is 36.8 Å². The topological polar surface area (TPSA) is 27.0 Å². The Morgan fingerprint density at radius 2 is 2.16 bits per heavy atom. The summed E-state index contributed by atoms with van der Waals surface area (Å²) in [6.45, 7) is 5.81. The molecule has 19 heavy (non-hydrogen) atoms. The van der Waals surface area contributed by atoms with Crippen LogP contribution < -0.4 is 0 Å². The summed E-state index contributed by atoms with van der Waals surface area (Å²) in [5.74, 6) is 0.672. The molecular formula is C16H18N2S. The van der Waals surface area contributed by atoms with Crippen molar-refractivity contribution in [1.29, 1.82) is 5.26 Å². The minimum absolute atomic E-state index is 0.672. The first-order chi connectivity index (χ1) is 9.33. The van der Waals surface area contributed by atoms with Crippen molar-refractivity contribution in [3.05, 3.63) is 34.7 Å². The molecule has 1 aromatic carbocycles. The van der Waals surface area contributed by atoms with Gasteiger partial charge in [0.25, 0.3) is 0 Å². The summed E-state index contributed by atoms with van der Waals surface area (Å²) in [6, 6.07) is 8.41. The Kier molecular flexibility index (Phi) is 3.54. The van der Waals surface area contributed by atoms with E-state index in [-0.39, 0.29) is 0 Å². The zero-order chi connectivity index (χ0) is 13.2. The average molecular weight is 270 g/mol. The van der Waals surface area contributed by atoms with Crippen LogP contribution in [0.15, 0.2) is 23.6 Å². The van der Waals surface area contributed by atoms with Gasteiger partial charge < -0.3 is 4.90 Å². The van der Waals surface area contributed by atoms with Crippen molar-refractivity contribution in [3.63, 3.8) is 0 Å². The van der Waals surface area contributed by atoms with Gasteiger partial charge in [0.05, 0.1) is 10.3 Å². The number of likely N-dealkylation sites (tertiary alicyclic amines) is 1. The Morgan fingerprint density at radius 3 is 2.84 bits per heavy atom. The van der Waals surface area contributed by atoms with Crippen molar-refractivity contribution in [1.82, 2.24) is 4.90 Å². The van der Waals surface area contributed by atoms with E-state index >= 15 is 0 Å².